The van der Waals surface area contributed by atoms with Crippen molar-refractivity contribution in [1.82, 2.24) is 0 Å². The molecule has 0 spiro atoms. The van der Waals surface area contributed by atoms with Gasteiger partial charge in [0.2, 0.25) is 0 Å². The zero-order valence-corrected chi connectivity index (χ0v) is 10.6. The quantitative estimate of drug-likeness (QED) is 0.548. The maximum Gasteiger partial charge on any atom is 0.314 e. The van der Waals surface area contributed by atoms with Crippen LogP contribution < -0.4 is 0 Å². The number of carbonyl (C=O) groups is 1. The van der Waals surface area contributed by atoms with Gasteiger partial charge in [-0.25, -0.2) is 0 Å². The second kappa shape index (κ2) is 5.21. The first-order valence-electron chi connectivity index (χ1n) is 6.59. The molecule has 1 heterocycles. The summed E-state index contributed by atoms with van der Waals surface area (Å²) in [6.07, 6.45) is 9.01. The van der Waals surface area contributed by atoms with Gasteiger partial charge < -0.3 is 9.47 Å². The highest BCUT2D eigenvalue weighted by Crippen LogP contribution is 2.46. The minimum atomic E-state index is -0.384. The highest BCUT2D eigenvalue weighted by molar-refractivity contribution is 5.77. The molecule has 0 unspecified atom stereocenters. The van der Waals surface area contributed by atoms with E-state index in [0.717, 1.165) is 44.9 Å². The molecule has 2 aliphatic rings. The highest BCUT2D eigenvalue weighted by Gasteiger charge is 2.50. The summed E-state index contributed by atoms with van der Waals surface area (Å²) in [6, 6.07) is 0. The lowest BCUT2D eigenvalue weighted by molar-refractivity contribution is -0.169. The Bertz CT molecular complexity index is 300. The molecule has 0 N–H and O–H groups in total. The van der Waals surface area contributed by atoms with Crippen LogP contribution in [0, 0.1) is 5.41 Å². The monoisotopic (exact) mass is 238 g/mol. The van der Waals surface area contributed by atoms with Crippen molar-refractivity contribution in [2.45, 2.75) is 57.2 Å². The van der Waals surface area contributed by atoms with Crippen molar-refractivity contribution in [1.29, 1.82) is 0 Å². The summed E-state index contributed by atoms with van der Waals surface area (Å²) in [4.78, 5) is 12.1. The van der Waals surface area contributed by atoms with E-state index in [1.165, 1.54) is 7.11 Å². The molecule has 1 saturated carbocycles. The van der Waals surface area contributed by atoms with Crippen LogP contribution in [0.3, 0.4) is 0 Å². The molecule has 3 heteroatoms. The number of hydrogen-bond acceptors (Lipinski definition) is 3. The van der Waals surface area contributed by atoms with E-state index in [0.29, 0.717) is 0 Å². The predicted octanol–water partition coefficient (Wildman–Crippen LogP) is 2.84. The Morgan fingerprint density at radius 1 is 1.35 bits per heavy atom. The van der Waals surface area contributed by atoms with Gasteiger partial charge >= 0.3 is 5.97 Å². The molecule has 0 aromatic heterocycles. The Morgan fingerprint density at radius 2 is 2.12 bits per heavy atom. The van der Waals surface area contributed by atoms with Crippen LogP contribution in [0.2, 0.25) is 0 Å². The van der Waals surface area contributed by atoms with Gasteiger partial charge in [0.15, 0.2) is 0 Å². The minimum Gasteiger partial charge on any atom is -0.469 e. The van der Waals surface area contributed by atoms with Gasteiger partial charge in [0.05, 0.1) is 24.7 Å². The molecule has 17 heavy (non-hydrogen) atoms. The molecular weight excluding hydrogens is 216 g/mol. The maximum atomic E-state index is 12.1. The standard InChI is InChI=1S/C14H22O3/c1-3-11-7-6-10-14(13(15)16-2)9-5-4-8-12(14)17-11/h3,11-12H,1,4-10H2,2H3/t11-,12+,14-/m0/s1. The molecule has 0 amide bonds. The van der Waals surface area contributed by atoms with E-state index < -0.39 is 0 Å². The van der Waals surface area contributed by atoms with Crippen LogP contribution in [0.1, 0.15) is 44.9 Å². The number of methoxy groups -OCH3 is 1. The van der Waals surface area contributed by atoms with Gasteiger partial charge in [-0.1, -0.05) is 18.9 Å². The minimum absolute atomic E-state index is 0.0224. The molecule has 0 bridgehead atoms. The van der Waals surface area contributed by atoms with Crippen molar-refractivity contribution in [3.63, 3.8) is 0 Å². The van der Waals surface area contributed by atoms with E-state index in [9.17, 15) is 4.79 Å². The fourth-order valence-corrected chi connectivity index (χ4v) is 3.30. The van der Waals surface area contributed by atoms with E-state index in [1.54, 1.807) is 0 Å². The van der Waals surface area contributed by atoms with E-state index in [4.69, 9.17) is 9.47 Å². The summed E-state index contributed by atoms with van der Waals surface area (Å²) in [6.45, 7) is 3.81. The van der Waals surface area contributed by atoms with Gasteiger partial charge in [0, 0.05) is 0 Å². The Morgan fingerprint density at radius 3 is 2.82 bits per heavy atom. The molecule has 0 aromatic carbocycles. The van der Waals surface area contributed by atoms with E-state index in [-0.39, 0.29) is 23.6 Å². The molecule has 96 valence electrons. The fraction of sp³-hybridized carbons (Fsp3) is 0.786. The molecule has 1 aliphatic carbocycles. The van der Waals surface area contributed by atoms with Gasteiger partial charge in [-0.2, -0.15) is 0 Å². The molecule has 1 saturated heterocycles. The van der Waals surface area contributed by atoms with Crippen LogP contribution in [0.5, 0.6) is 0 Å². The average molecular weight is 238 g/mol. The average Bonchev–Trinajstić information content (AvgIpc) is 2.57. The largest absolute Gasteiger partial charge is 0.469 e. The molecule has 0 aromatic rings. The van der Waals surface area contributed by atoms with Crippen molar-refractivity contribution in [2.24, 2.45) is 5.41 Å². The molecule has 1 aliphatic heterocycles. The third kappa shape index (κ3) is 2.25. The lowest BCUT2D eigenvalue weighted by Gasteiger charge is -2.40. The van der Waals surface area contributed by atoms with Crippen LogP contribution in [0.15, 0.2) is 12.7 Å². The Labute approximate surface area is 103 Å². The van der Waals surface area contributed by atoms with Crippen LogP contribution in [0.25, 0.3) is 0 Å². The maximum absolute atomic E-state index is 12.1. The number of esters is 1. The summed E-state index contributed by atoms with van der Waals surface area (Å²) in [5.74, 6) is -0.0769. The van der Waals surface area contributed by atoms with Gasteiger partial charge in [-0.05, 0) is 32.1 Å². The number of ether oxygens (including phenoxy) is 2. The zero-order chi connectivity index (χ0) is 12.3. The lowest BCUT2D eigenvalue weighted by atomic mass is 9.69. The van der Waals surface area contributed by atoms with Gasteiger partial charge in [-0.3, -0.25) is 4.79 Å². The van der Waals surface area contributed by atoms with Gasteiger partial charge in [0.1, 0.15) is 0 Å². The smallest absolute Gasteiger partial charge is 0.314 e. The third-order valence-electron chi connectivity index (χ3n) is 4.26. The zero-order valence-electron chi connectivity index (χ0n) is 10.6. The Balaban J connectivity index is 2.24. The van der Waals surface area contributed by atoms with E-state index in [2.05, 4.69) is 6.58 Å². The Hall–Kier alpha value is -0.830. The normalized spacial score (nSPS) is 37.7. The van der Waals surface area contributed by atoms with Crippen molar-refractivity contribution in [3.8, 4) is 0 Å². The number of carbonyl (C=O) groups excluding carboxylic acids is 1. The van der Waals surface area contributed by atoms with Crippen molar-refractivity contribution < 1.29 is 14.3 Å². The summed E-state index contributed by atoms with van der Waals surface area (Å²) >= 11 is 0. The molecule has 2 fully saturated rings. The number of fused-ring (bicyclic) bond motifs is 1. The second-order valence-electron chi connectivity index (χ2n) is 5.18. The topological polar surface area (TPSA) is 35.5 Å². The van der Waals surface area contributed by atoms with Crippen molar-refractivity contribution in [3.05, 3.63) is 12.7 Å². The molecule has 3 atom stereocenters. The van der Waals surface area contributed by atoms with Gasteiger partial charge in [0.25, 0.3) is 0 Å². The number of rotatable bonds is 2. The van der Waals surface area contributed by atoms with E-state index >= 15 is 0 Å². The summed E-state index contributed by atoms with van der Waals surface area (Å²) in [5, 5.41) is 0. The lowest BCUT2D eigenvalue weighted by Crippen LogP contribution is -2.46. The summed E-state index contributed by atoms with van der Waals surface area (Å²) in [7, 11) is 1.48. The molecule has 2 rings (SSSR count). The fourth-order valence-electron chi connectivity index (χ4n) is 3.30. The highest BCUT2D eigenvalue weighted by atomic mass is 16.5. The van der Waals surface area contributed by atoms with E-state index in [1.807, 2.05) is 6.08 Å². The third-order valence-corrected chi connectivity index (χ3v) is 4.26. The van der Waals surface area contributed by atoms with Crippen molar-refractivity contribution >= 4 is 5.97 Å². The second-order valence-corrected chi connectivity index (χ2v) is 5.18. The first-order chi connectivity index (χ1) is 8.23. The Kier molecular flexibility index (Phi) is 3.87. The van der Waals surface area contributed by atoms with Gasteiger partial charge in [-0.15, -0.1) is 6.58 Å². The van der Waals surface area contributed by atoms with Crippen LogP contribution in [-0.4, -0.2) is 25.3 Å². The molecule has 0 radical (unpaired) electrons. The summed E-state index contributed by atoms with van der Waals surface area (Å²) < 4.78 is 11.1. The number of hydrogen-bond donors (Lipinski definition) is 0. The summed E-state index contributed by atoms with van der Waals surface area (Å²) in [5.41, 5.74) is -0.384. The SMILES string of the molecule is C=C[C@H]1CCC[C@@]2(C(=O)OC)CCCC[C@H]2O1. The van der Waals surface area contributed by atoms with Crippen LogP contribution in [-0.2, 0) is 14.3 Å². The molecular formula is C14H22O3. The first kappa shape index (κ1) is 12.6. The van der Waals surface area contributed by atoms with Crippen LogP contribution >= 0.6 is 0 Å². The predicted molar refractivity (Wildman–Crippen MR) is 65.6 cm³/mol. The first-order valence-corrected chi connectivity index (χ1v) is 6.59. The molecule has 3 nitrogen and oxygen atoms in total. The van der Waals surface area contributed by atoms with Crippen molar-refractivity contribution in [2.75, 3.05) is 7.11 Å². The van der Waals surface area contributed by atoms with Crippen LogP contribution in [0.4, 0.5) is 0 Å².